The third-order valence-corrected chi connectivity index (χ3v) is 3.92. The van der Waals surface area contributed by atoms with Gasteiger partial charge in [-0.25, -0.2) is 0 Å². The minimum absolute atomic E-state index is 0.0875. The summed E-state index contributed by atoms with van der Waals surface area (Å²) in [6.45, 7) is 4.49. The summed E-state index contributed by atoms with van der Waals surface area (Å²) in [6, 6.07) is 1.47. The number of thiophene rings is 1. The Balaban J connectivity index is 2.99. The van der Waals surface area contributed by atoms with E-state index in [2.05, 4.69) is 6.92 Å². The normalized spacial score (nSPS) is 12.5. The monoisotopic (exact) mass is 258 g/mol. The van der Waals surface area contributed by atoms with Crippen LogP contribution in [-0.2, 0) is 0 Å². The lowest BCUT2D eigenvalue weighted by Gasteiger charge is -2.15. The summed E-state index contributed by atoms with van der Waals surface area (Å²) in [4.78, 5) is 13.1. The summed E-state index contributed by atoms with van der Waals surface area (Å²) in [5.74, 6) is 0. The number of hydrogen-bond acceptors (Lipinski definition) is 5. The maximum atomic E-state index is 10.9. The fourth-order valence-electron chi connectivity index (χ4n) is 1.50. The second-order valence-corrected chi connectivity index (χ2v) is 5.11. The minimum Gasteiger partial charge on any atom is -0.388 e. The van der Waals surface area contributed by atoms with Crippen LogP contribution in [0, 0.1) is 10.1 Å². The molecule has 0 spiro atoms. The van der Waals surface area contributed by atoms with E-state index in [-0.39, 0.29) is 10.6 Å². The smallest absolute Gasteiger partial charge is 0.304 e. The standard InChI is InChI=1S/C11H18N2O3S/c1-4-5-6-12(3)11-9(13(15)16)7-10(17-11)8(2)14/h7-8,14H,4-6H2,1-3H3/t8-/m0/s1. The molecule has 1 aromatic rings. The van der Waals surface area contributed by atoms with Crippen LogP contribution in [0.5, 0.6) is 0 Å². The number of unbranched alkanes of at least 4 members (excludes halogenated alkanes) is 1. The molecule has 0 fully saturated rings. The molecule has 0 aliphatic carbocycles. The lowest BCUT2D eigenvalue weighted by Crippen LogP contribution is -2.17. The Bertz CT molecular complexity index is 390. The van der Waals surface area contributed by atoms with Gasteiger partial charge in [-0.05, 0) is 13.3 Å². The Kier molecular flexibility index (Phi) is 4.89. The van der Waals surface area contributed by atoms with Crippen LogP contribution in [0.2, 0.25) is 0 Å². The van der Waals surface area contributed by atoms with Crippen molar-refractivity contribution in [2.45, 2.75) is 32.8 Å². The van der Waals surface area contributed by atoms with Crippen LogP contribution in [0.4, 0.5) is 10.7 Å². The van der Waals surface area contributed by atoms with Gasteiger partial charge in [-0.3, -0.25) is 10.1 Å². The number of nitrogens with zero attached hydrogens (tertiary/aromatic N) is 2. The fraction of sp³-hybridized carbons (Fsp3) is 0.636. The molecule has 0 amide bonds. The van der Waals surface area contributed by atoms with Crippen LogP contribution in [0.3, 0.4) is 0 Å². The molecule has 0 bridgehead atoms. The third kappa shape index (κ3) is 3.41. The SMILES string of the molecule is CCCCN(C)c1sc([C@H](C)O)cc1[N+](=O)[O-]. The summed E-state index contributed by atoms with van der Waals surface area (Å²) in [6.07, 6.45) is 1.38. The van der Waals surface area contributed by atoms with Gasteiger partial charge in [-0.1, -0.05) is 13.3 Å². The van der Waals surface area contributed by atoms with Gasteiger partial charge >= 0.3 is 5.69 Å². The van der Waals surface area contributed by atoms with Crippen molar-refractivity contribution < 1.29 is 10.0 Å². The molecule has 0 saturated carbocycles. The Morgan fingerprint density at radius 2 is 2.29 bits per heavy atom. The molecule has 1 heterocycles. The third-order valence-electron chi connectivity index (χ3n) is 2.51. The van der Waals surface area contributed by atoms with Gasteiger partial charge in [0.2, 0.25) is 0 Å². The largest absolute Gasteiger partial charge is 0.388 e. The zero-order valence-corrected chi connectivity index (χ0v) is 11.2. The van der Waals surface area contributed by atoms with E-state index in [1.807, 2.05) is 11.9 Å². The first-order chi connectivity index (χ1) is 7.97. The summed E-state index contributed by atoms with van der Waals surface area (Å²) in [5, 5.41) is 21.0. The highest BCUT2D eigenvalue weighted by molar-refractivity contribution is 7.16. The molecule has 0 aliphatic heterocycles. The molecule has 0 radical (unpaired) electrons. The highest BCUT2D eigenvalue weighted by Crippen LogP contribution is 2.39. The van der Waals surface area contributed by atoms with E-state index in [0.29, 0.717) is 9.88 Å². The lowest BCUT2D eigenvalue weighted by molar-refractivity contribution is -0.383. The van der Waals surface area contributed by atoms with Gasteiger partial charge in [0.05, 0.1) is 11.0 Å². The molecule has 0 aliphatic rings. The molecule has 6 heteroatoms. The second kappa shape index (κ2) is 5.97. The van der Waals surface area contributed by atoms with E-state index in [1.165, 1.54) is 17.4 Å². The summed E-state index contributed by atoms with van der Waals surface area (Å²) in [5.41, 5.74) is 0.0875. The molecule has 0 aromatic carbocycles. The molecule has 0 saturated heterocycles. The van der Waals surface area contributed by atoms with E-state index in [1.54, 1.807) is 6.92 Å². The summed E-state index contributed by atoms with van der Waals surface area (Å²) >= 11 is 1.29. The van der Waals surface area contributed by atoms with E-state index < -0.39 is 6.10 Å². The predicted molar refractivity (Wildman–Crippen MR) is 69.8 cm³/mol. The molecule has 1 rings (SSSR count). The van der Waals surface area contributed by atoms with Gasteiger partial charge in [0.15, 0.2) is 5.00 Å². The van der Waals surface area contributed by atoms with E-state index in [0.717, 1.165) is 19.4 Å². The van der Waals surface area contributed by atoms with Gasteiger partial charge in [-0.15, -0.1) is 11.3 Å². The van der Waals surface area contributed by atoms with Gasteiger partial charge in [-0.2, -0.15) is 0 Å². The quantitative estimate of drug-likeness (QED) is 0.629. The topological polar surface area (TPSA) is 66.6 Å². The summed E-state index contributed by atoms with van der Waals surface area (Å²) in [7, 11) is 1.85. The molecule has 1 aromatic heterocycles. The molecular formula is C11H18N2O3S. The van der Waals surface area contributed by atoms with E-state index in [9.17, 15) is 15.2 Å². The van der Waals surface area contributed by atoms with Crippen molar-refractivity contribution in [3.8, 4) is 0 Å². The van der Waals surface area contributed by atoms with Crippen LogP contribution in [-0.4, -0.2) is 23.6 Å². The van der Waals surface area contributed by atoms with Crippen molar-refractivity contribution in [3.63, 3.8) is 0 Å². The van der Waals surface area contributed by atoms with Crippen molar-refractivity contribution >= 4 is 22.0 Å². The zero-order valence-electron chi connectivity index (χ0n) is 10.3. The Morgan fingerprint density at radius 1 is 1.65 bits per heavy atom. The Labute approximate surface area is 105 Å². The van der Waals surface area contributed by atoms with Crippen LogP contribution < -0.4 is 4.90 Å². The molecule has 96 valence electrons. The number of nitro groups is 1. The first kappa shape index (κ1) is 13.9. The van der Waals surface area contributed by atoms with Crippen LogP contribution in [0.1, 0.15) is 37.7 Å². The van der Waals surface area contributed by atoms with Crippen LogP contribution in [0.25, 0.3) is 0 Å². The minimum atomic E-state index is -0.660. The molecule has 0 unspecified atom stereocenters. The van der Waals surface area contributed by atoms with Crippen LogP contribution in [0.15, 0.2) is 6.07 Å². The first-order valence-corrected chi connectivity index (χ1v) is 6.46. The van der Waals surface area contributed by atoms with Gasteiger partial charge < -0.3 is 10.0 Å². The van der Waals surface area contributed by atoms with Crippen molar-refractivity contribution in [1.29, 1.82) is 0 Å². The average molecular weight is 258 g/mol. The number of aliphatic hydroxyl groups excluding tert-OH is 1. The molecule has 1 atom stereocenters. The number of aliphatic hydroxyl groups is 1. The maximum absolute atomic E-state index is 10.9. The summed E-state index contributed by atoms with van der Waals surface area (Å²) < 4.78 is 0. The van der Waals surface area contributed by atoms with E-state index >= 15 is 0 Å². The zero-order chi connectivity index (χ0) is 13.0. The highest BCUT2D eigenvalue weighted by Gasteiger charge is 2.23. The van der Waals surface area contributed by atoms with Gasteiger partial charge in [0, 0.05) is 24.5 Å². The van der Waals surface area contributed by atoms with Crippen LogP contribution >= 0.6 is 11.3 Å². The molecule has 5 nitrogen and oxygen atoms in total. The maximum Gasteiger partial charge on any atom is 0.304 e. The van der Waals surface area contributed by atoms with Crippen molar-refractivity contribution in [1.82, 2.24) is 0 Å². The number of anilines is 1. The average Bonchev–Trinajstić information content (AvgIpc) is 2.70. The van der Waals surface area contributed by atoms with Crippen molar-refractivity contribution in [2.75, 3.05) is 18.5 Å². The molecule has 17 heavy (non-hydrogen) atoms. The van der Waals surface area contributed by atoms with Crippen molar-refractivity contribution in [2.24, 2.45) is 0 Å². The number of hydrogen-bond donors (Lipinski definition) is 1. The predicted octanol–water partition coefficient (Wildman–Crippen LogP) is 2.95. The number of rotatable bonds is 6. The lowest BCUT2D eigenvalue weighted by atomic mass is 10.3. The second-order valence-electron chi connectivity index (χ2n) is 4.05. The Hall–Kier alpha value is -1.14. The van der Waals surface area contributed by atoms with E-state index in [4.69, 9.17) is 0 Å². The van der Waals surface area contributed by atoms with Gasteiger partial charge in [0.25, 0.3) is 0 Å². The highest BCUT2D eigenvalue weighted by atomic mass is 32.1. The fourth-order valence-corrected chi connectivity index (χ4v) is 2.55. The first-order valence-electron chi connectivity index (χ1n) is 5.64. The molecular weight excluding hydrogens is 240 g/mol. The van der Waals surface area contributed by atoms with Gasteiger partial charge in [0.1, 0.15) is 0 Å². The molecule has 1 N–H and O–H groups in total. The van der Waals surface area contributed by atoms with Crippen molar-refractivity contribution in [3.05, 3.63) is 21.1 Å². The Morgan fingerprint density at radius 3 is 2.76 bits per heavy atom.